The lowest BCUT2D eigenvalue weighted by molar-refractivity contribution is 0.0425. The van der Waals surface area contributed by atoms with Crippen LogP contribution in [0.4, 0.5) is 4.39 Å². The Hall–Kier alpha value is -0.640. The van der Waals surface area contributed by atoms with Crippen LogP contribution in [0, 0.1) is 12.7 Å². The number of likely N-dealkylation sites (N-methyl/N-ethyl adjacent to an activating group) is 1. The van der Waals surface area contributed by atoms with Gasteiger partial charge in [0.2, 0.25) is 0 Å². The van der Waals surface area contributed by atoms with Gasteiger partial charge in [-0.1, -0.05) is 11.6 Å². The van der Waals surface area contributed by atoms with Crippen LogP contribution in [0.3, 0.4) is 0 Å². The van der Waals surface area contributed by atoms with Gasteiger partial charge in [-0.25, -0.2) is 4.39 Å². The molecule has 17 heavy (non-hydrogen) atoms. The van der Waals surface area contributed by atoms with Crippen LogP contribution in [0.15, 0.2) is 12.1 Å². The maximum absolute atomic E-state index is 13.4. The number of nitrogens with zero attached hydrogens (tertiary/aromatic N) is 1. The third-order valence-electron chi connectivity index (χ3n) is 2.42. The first-order chi connectivity index (χ1) is 7.69. The molecule has 0 saturated heterocycles. The molecule has 1 aromatic carbocycles. The largest absolute Gasteiger partial charge is 0.389 e. The Morgan fingerprint density at radius 2 is 2.00 bits per heavy atom. The molecule has 0 radical (unpaired) electrons. The highest BCUT2D eigenvalue weighted by Crippen LogP contribution is 2.22. The first-order valence-corrected chi connectivity index (χ1v) is 5.92. The van der Waals surface area contributed by atoms with Gasteiger partial charge < -0.3 is 5.11 Å². The number of hydrogen-bond donors (Lipinski definition) is 1. The molecule has 96 valence electrons. The van der Waals surface area contributed by atoms with E-state index in [1.165, 1.54) is 6.07 Å². The van der Waals surface area contributed by atoms with Crippen molar-refractivity contribution >= 4 is 11.6 Å². The van der Waals surface area contributed by atoms with E-state index in [0.717, 1.165) is 5.56 Å². The van der Waals surface area contributed by atoms with Crippen LogP contribution in [-0.4, -0.2) is 29.2 Å². The smallest absolute Gasteiger partial charge is 0.126 e. The molecule has 1 rings (SSSR count). The zero-order valence-corrected chi connectivity index (χ0v) is 11.5. The lowest BCUT2D eigenvalue weighted by atomic mass is 10.1. The van der Waals surface area contributed by atoms with E-state index in [0.29, 0.717) is 23.7 Å². The van der Waals surface area contributed by atoms with Crippen LogP contribution >= 0.6 is 11.6 Å². The van der Waals surface area contributed by atoms with Gasteiger partial charge >= 0.3 is 0 Å². The van der Waals surface area contributed by atoms with Crippen LogP contribution in [0.1, 0.15) is 25.0 Å². The van der Waals surface area contributed by atoms with Crippen molar-refractivity contribution in [3.8, 4) is 0 Å². The summed E-state index contributed by atoms with van der Waals surface area (Å²) in [6, 6.07) is 3.09. The summed E-state index contributed by atoms with van der Waals surface area (Å²) in [5.41, 5.74) is 0.509. The Balaban J connectivity index is 2.78. The second-order valence-corrected chi connectivity index (χ2v) is 5.58. The average molecular weight is 260 g/mol. The van der Waals surface area contributed by atoms with Crippen molar-refractivity contribution in [2.24, 2.45) is 0 Å². The highest BCUT2D eigenvalue weighted by molar-refractivity contribution is 6.31. The van der Waals surface area contributed by atoms with Crippen LogP contribution in [-0.2, 0) is 6.54 Å². The molecule has 0 aliphatic heterocycles. The highest BCUT2D eigenvalue weighted by atomic mass is 35.5. The Labute approximate surface area is 107 Å². The predicted octanol–water partition coefficient (Wildman–Crippen LogP) is 2.99. The first kappa shape index (κ1) is 14.4. The van der Waals surface area contributed by atoms with E-state index in [1.807, 2.05) is 11.9 Å². The molecule has 1 aromatic rings. The van der Waals surface area contributed by atoms with Crippen LogP contribution in [0.25, 0.3) is 0 Å². The summed E-state index contributed by atoms with van der Waals surface area (Å²) >= 11 is 6.06. The number of rotatable bonds is 4. The van der Waals surface area contributed by atoms with Gasteiger partial charge in [0, 0.05) is 18.1 Å². The number of aryl methyl sites for hydroxylation is 1. The minimum Gasteiger partial charge on any atom is -0.389 e. The summed E-state index contributed by atoms with van der Waals surface area (Å²) in [5, 5.41) is 10.2. The van der Waals surface area contributed by atoms with Gasteiger partial charge in [-0.2, -0.15) is 0 Å². The summed E-state index contributed by atoms with van der Waals surface area (Å²) in [6.07, 6.45) is 0. The Kier molecular flexibility index (Phi) is 4.53. The first-order valence-electron chi connectivity index (χ1n) is 5.54. The van der Waals surface area contributed by atoms with Gasteiger partial charge in [-0.05, 0) is 51.1 Å². The number of hydrogen-bond acceptors (Lipinski definition) is 2. The van der Waals surface area contributed by atoms with Gasteiger partial charge in [0.25, 0.3) is 0 Å². The van der Waals surface area contributed by atoms with Crippen molar-refractivity contribution in [2.75, 3.05) is 13.6 Å². The molecule has 0 aliphatic rings. The molecule has 0 heterocycles. The summed E-state index contributed by atoms with van der Waals surface area (Å²) in [4.78, 5) is 1.91. The third-order valence-corrected chi connectivity index (χ3v) is 2.78. The van der Waals surface area contributed by atoms with Gasteiger partial charge in [0.05, 0.1) is 5.60 Å². The maximum Gasteiger partial charge on any atom is 0.126 e. The summed E-state index contributed by atoms with van der Waals surface area (Å²) < 4.78 is 13.4. The van der Waals surface area contributed by atoms with Gasteiger partial charge in [-0.15, -0.1) is 0 Å². The Morgan fingerprint density at radius 3 is 2.53 bits per heavy atom. The average Bonchev–Trinajstić information content (AvgIpc) is 2.11. The molecule has 0 bridgehead atoms. The number of aliphatic hydroxyl groups is 1. The SMILES string of the molecule is Cc1cc(Cl)c(CN(C)CC(C)(C)O)cc1F. The monoisotopic (exact) mass is 259 g/mol. The lowest BCUT2D eigenvalue weighted by Crippen LogP contribution is -2.35. The van der Waals surface area contributed by atoms with Crippen molar-refractivity contribution in [3.05, 3.63) is 34.1 Å². The molecule has 0 amide bonds. The highest BCUT2D eigenvalue weighted by Gasteiger charge is 2.16. The lowest BCUT2D eigenvalue weighted by Gasteiger charge is -2.25. The van der Waals surface area contributed by atoms with Crippen molar-refractivity contribution in [3.63, 3.8) is 0 Å². The summed E-state index contributed by atoms with van der Waals surface area (Å²) in [7, 11) is 1.87. The van der Waals surface area contributed by atoms with Gasteiger partial charge in [-0.3, -0.25) is 4.90 Å². The molecule has 0 unspecified atom stereocenters. The van der Waals surface area contributed by atoms with E-state index in [1.54, 1.807) is 26.8 Å². The predicted molar refractivity (Wildman–Crippen MR) is 68.8 cm³/mol. The quantitative estimate of drug-likeness (QED) is 0.899. The minimum absolute atomic E-state index is 0.249. The van der Waals surface area contributed by atoms with E-state index >= 15 is 0 Å². The van der Waals surface area contributed by atoms with Crippen LogP contribution < -0.4 is 0 Å². The molecule has 0 saturated carbocycles. The number of halogens is 2. The van der Waals surface area contributed by atoms with Crippen LogP contribution in [0.5, 0.6) is 0 Å². The molecule has 1 N–H and O–H groups in total. The van der Waals surface area contributed by atoms with Crippen molar-refractivity contribution in [2.45, 2.75) is 32.9 Å². The van der Waals surface area contributed by atoms with E-state index in [2.05, 4.69) is 0 Å². The van der Waals surface area contributed by atoms with Crippen molar-refractivity contribution < 1.29 is 9.50 Å². The van der Waals surface area contributed by atoms with Crippen molar-refractivity contribution in [1.82, 2.24) is 4.90 Å². The van der Waals surface area contributed by atoms with E-state index in [9.17, 15) is 9.50 Å². The molecule has 0 aliphatic carbocycles. The fourth-order valence-corrected chi connectivity index (χ4v) is 2.09. The molecule has 2 nitrogen and oxygen atoms in total. The molecule has 0 fully saturated rings. The Morgan fingerprint density at radius 1 is 1.41 bits per heavy atom. The van der Waals surface area contributed by atoms with Gasteiger partial charge in [0.1, 0.15) is 5.82 Å². The second-order valence-electron chi connectivity index (χ2n) is 5.18. The Bertz CT molecular complexity index is 401. The molecular weight excluding hydrogens is 241 g/mol. The molecule has 0 atom stereocenters. The maximum atomic E-state index is 13.4. The van der Waals surface area contributed by atoms with Gasteiger partial charge in [0.15, 0.2) is 0 Å². The number of benzene rings is 1. The summed E-state index contributed by atoms with van der Waals surface area (Å²) in [6.45, 7) is 6.17. The summed E-state index contributed by atoms with van der Waals surface area (Å²) in [5.74, 6) is -0.249. The zero-order valence-electron chi connectivity index (χ0n) is 10.7. The second kappa shape index (κ2) is 5.34. The van der Waals surface area contributed by atoms with E-state index in [4.69, 9.17) is 11.6 Å². The topological polar surface area (TPSA) is 23.5 Å². The normalized spacial score (nSPS) is 12.2. The third kappa shape index (κ3) is 4.62. The van der Waals surface area contributed by atoms with Crippen LogP contribution in [0.2, 0.25) is 5.02 Å². The molecular formula is C13H19ClFNO. The minimum atomic E-state index is -0.773. The fourth-order valence-electron chi connectivity index (χ4n) is 1.82. The van der Waals surface area contributed by atoms with E-state index < -0.39 is 5.60 Å². The molecule has 4 heteroatoms. The fraction of sp³-hybridized carbons (Fsp3) is 0.538. The van der Waals surface area contributed by atoms with E-state index in [-0.39, 0.29) is 5.82 Å². The van der Waals surface area contributed by atoms with Crippen molar-refractivity contribution in [1.29, 1.82) is 0 Å². The standard InChI is InChI=1S/C13H19ClFNO/c1-9-5-11(14)10(6-12(9)15)7-16(4)8-13(2,3)17/h5-6,17H,7-8H2,1-4H3. The molecule has 0 aromatic heterocycles. The zero-order chi connectivity index (χ0) is 13.2. The molecule has 0 spiro atoms.